The summed E-state index contributed by atoms with van der Waals surface area (Å²) in [5.41, 5.74) is 2.76. The Labute approximate surface area is 199 Å². The highest BCUT2D eigenvalue weighted by atomic mass is 32.1. The zero-order chi connectivity index (χ0) is 23.4. The summed E-state index contributed by atoms with van der Waals surface area (Å²) in [6, 6.07) is 11.1. The fourth-order valence-corrected chi connectivity index (χ4v) is 6.50. The van der Waals surface area contributed by atoms with E-state index in [-0.39, 0.29) is 11.5 Å². The topological polar surface area (TPSA) is 76.2 Å². The van der Waals surface area contributed by atoms with Crippen molar-refractivity contribution in [3.63, 3.8) is 0 Å². The molecule has 2 fully saturated rings. The Kier molecular flexibility index (Phi) is 5.35. The fraction of sp³-hybridized carbons (Fsp3) is 0.292. The molecule has 2 aliphatic heterocycles. The van der Waals surface area contributed by atoms with Crippen molar-refractivity contribution in [2.24, 2.45) is 5.92 Å². The molecule has 5 rings (SSSR count). The summed E-state index contributed by atoms with van der Waals surface area (Å²) >= 11 is 2.76. The molecule has 3 atom stereocenters. The first-order valence-corrected chi connectivity index (χ1v) is 12.2. The van der Waals surface area contributed by atoms with Gasteiger partial charge in [0.1, 0.15) is 17.0 Å². The van der Waals surface area contributed by atoms with Crippen LogP contribution in [0, 0.1) is 26.7 Å². The van der Waals surface area contributed by atoms with Gasteiger partial charge in [-0.1, -0.05) is 24.3 Å². The molecule has 0 spiro atoms. The molecule has 0 saturated carbocycles. The number of amides is 2. The number of fused-ring (bicyclic) bond motifs is 1. The Balaban J connectivity index is 1.61. The summed E-state index contributed by atoms with van der Waals surface area (Å²) in [6.45, 7) is 5.61. The van der Waals surface area contributed by atoms with Gasteiger partial charge in [-0.2, -0.15) is 0 Å². The number of benzene rings is 1. The second kappa shape index (κ2) is 8.09. The van der Waals surface area contributed by atoms with Crippen LogP contribution in [0.25, 0.3) is 0 Å². The maximum atomic E-state index is 13.8. The number of methoxy groups -OCH3 is 1. The van der Waals surface area contributed by atoms with Gasteiger partial charge in [0.05, 0.1) is 18.4 Å². The number of imide groups is 1. The Morgan fingerprint density at radius 3 is 2.48 bits per heavy atom. The molecule has 0 radical (unpaired) electrons. The van der Waals surface area contributed by atoms with Crippen molar-refractivity contribution in [2.45, 2.75) is 32.9 Å². The van der Waals surface area contributed by atoms with Crippen LogP contribution in [0.3, 0.4) is 0 Å². The number of esters is 1. The molecule has 0 aliphatic carbocycles. The van der Waals surface area contributed by atoms with Gasteiger partial charge in [0.25, 0.3) is 5.91 Å². The molecule has 33 heavy (non-hydrogen) atoms. The molecule has 2 amide bonds. The van der Waals surface area contributed by atoms with Crippen molar-refractivity contribution < 1.29 is 24.0 Å². The molecule has 3 unspecified atom stereocenters. The van der Waals surface area contributed by atoms with Crippen LogP contribution in [-0.2, 0) is 19.2 Å². The van der Waals surface area contributed by atoms with Gasteiger partial charge in [-0.3, -0.25) is 14.4 Å². The van der Waals surface area contributed by atoms with Gasteiger partial charge in [0.15, 0.2) is 6.10 Å². The largest absolute Gasteiger partial charge is 0.465 e. The Bertz CT molecular complexity index is 1270. The van der Waals surface area contributed by atoms with Gasteiger partial charge in [-0.15, -0.1) is 22.7 Å². The SMILES string of the molecule is COC(=O)c1c(N2C(=O)C3ON(c4ccccc4C)C(c4cccs4)C3C2=O)sc(C)c1C. The van der Waals surface area contributed by atoms with E-state index in [2.05, 4.69) is 0 Å². The first kappa shape index (κ1) is 21.8. The number of para-hydroxylation sites is 1. The average Bonchev–Trinajstić information content (AvgIpc) is 3.55. The van der Waals surface area contributed by atoms with E-state index < -0.39 is 29.9 Å². The monoisotopic (exact) mass is 482 g/mol. The molecule has 2 saturated heterocycles. The summed E-state index contributed by atoms with van der Waals surface area (Å²) in [5.74, 6) is -2.13. The van der Waals surface area contributed by atoms with Crippen molar-refractivity contribution in [1.82, 2.24) is 0 Å². The predicted octanol–water partition coefficient (Wildman–Crippen LogP) is 4.57. The van der Waals surface area contributed by atoms with Crippen LogP contribution in [0.15, 0.2) is 41.8 Å². The summed E-state index contributed by atoms with van der Waals surface area (Å²) in [4.78, 5) is 49.0. The van der Waals surface area contributed by atoms with Crippen LogP contribution in [-0.4, -0.2) is 31.0 Å². The lowest BCUT2D eigenvalue weighted by molar-refractivity contribution is -0.126. The summed E-state index contributed by atoms with van der Waals surface area (Å²) < 4.78 is 4.94. The van der Waals surface area contributed by atoms with Crippen LogP contribution in [0.4, 0.5) is 10.7 Å². The van der Waals surface area contributed by atoms with Crippen LogP contribution in [0.1, 0.15) is 37.3 Å². The van der Waals surface area contributed by atoms with Gasteiger partial charge in [-0.05, 0) is 49.4 Å². The smallest absolute Gasteiger partial charge is 0.341 e. The first-order valence-electron chi connectivity index (χ1n) is 10.5. The van der Waals surface area contributed by atoms with E-state index in [1.165, 1.54) is 29.8 Å². The number of rotatable bonds is 4. The van der Waals surface area contributed by atoms with E-state index in [9.17, 15) is 14.4 Å². The van der Waals surface area contributed by atoms with Crippen molar-refractivity contribution in [1.29, 1.82) is 0 Å². The molecule has 2 aliphatic rings. The highest BCUT2D eigenvalue weighted by Crippen LogP contribution is 2.50. The van der Waals surface area contributed by atoms with Gasteiger partial charge in [0.2, 0.25) is 5.91 Å². The summed E-state index contributed by atoms with van der Waals surface area (Å²) in [6.07, 6.45) is -0.975. The standard InChI is InChI=1S/C24H22N2O5S2/c1-12-8-5-6-9-15(12)26-19(16-10-7-11-32-16)18-20(31-26)22(28)25(21(18)27)23-17(24(29)30-4)13(2)14(3)33-23/h5-11,18-20H,1-4H3. The second-order valence-corrected chi connectivity index (χ2v) is 10.3. The average molecular weight is 483 g/mol. The Morgan fingerprint density at radius 2 is 1.82 bits per heavy atom. The van der Waals surface area contributed by atoms with E-state index in [4.69, 9.17) is 9.57 Å². The van der Waals surface area contributed by atoms with E-state index >= 15 is 0 Å². The minimum atomic E-state index is -0.975. The molecule has 2 aromatic heterocycles. The maximum Gasteiger partial charge on any atom is 0.341 e. The highest BCUT2D eigenvalue weighted by Gasteiger charge is 2.61. The van der Waals surface area contributed by atoms with Crippen LogP contribution < -0.4 is 9.96 Å². The van der Waals surface area contributed by atoms with Gasteiger partial charge in [0, 0.05) is 9.75 Å². The first-order chi connectivity index (χ1) is 15.8. The van der Waals surface area contributed by atoms with Crippen molar-refractivity contribution in [2.75, 3.05) is 17.1 Å². The lowest BCUT2D eigenvalue weighted by Crippen LogP contribution is -2.37. The zero-order valence-corrected chi connectivity index (χ0v) is 20.2. The van der Waals surface area contributed by atoms with E-state index in [0.29, 0.717) is 10.6 Å². The third kappa shape index (κ3) is 3.22. The lowest BCUT2D eigenvalue weighted by atomic mass is 9.95. The highest BCUT2D eigenvalue weighted by molar-refractivity contribution is 7.17. The van der Waals surface area contributed by atoms with Crippen molar-refractivity contribution >= 4 is 51.1 Å². The molecule has 170 valence electrons. The van der Waals surface area contributed by atoms with Crippen LogP contribution in [0.5, 0.6) is 0 Å². The van der Waals surface area contributed by atoms with E-state index in [1.807, 2.05) is 55.6 Å². The number of anilines is 2. The number of thiophene rings is 2. The lowest BCUT2D eigenvalue weighted by Gasteiger charge is -2.28. The number of ether oxygens (including phenoxy) is 1. The van der Waals surface area contributed by atoms with E-state index in [0.717, 1.165) is 25.9 Å². The molecular formula is C24H22N2O5S2. The Hall–Kier alpha value is -3.01. The van der Waals surface area contributed by atoms with Crippen LogP contribution >= 0.6 is 22.7 Å². The quantitative estimate of drug-likeness (QED) is 0.401. The minimum Gasteiger partial charge on any atom is -0.465 e. The number of carbonyl (C=O) groups is 3. The van der Waals surface area contributed by atoms with E-state index in [1.54, 1.807) is 12.0 Å². The number of carbonyl (C=O) groups excluding carboxylic acids is 3. The van der Waals surface area contributed by atoms with Gasteiger partial charge >= 0.3 is 5.97 Å². The predicted molar refractivity (Wildman–Crippen MR) is 127 cm³/mol. The van der Waals surface area contributed by atoms with Gasteiger partial charge in [-0.25, -0.2) is 14.8 Å². The number of hydroxylamine groups is 1. The van der Waals surface area contributed by atoms with Crippen molar-refractivity contribution in [3.8, 4) is 0 Å². The third-order valence-electron chi connectivity index (χ3n) is 6.26. The normalized spacial score (nSPS) is 22.2. The summed E-state index contributed by atoms with van der Waals surface area (Å²) in [7, 11) is 1.29. The fourth-order valence-electron chi connectivity index (χ4n) is 4.49. The number of aryl methyl sites for hydroxylation is 2. The van der Waals surface area contributed by atoms with Crippen molar-refractivity contribution in [3.05, 3.63) is 68.2 Å². The molecular weight excluding hydrogens is 460 g/mol. The van der Waals surface area contributed by atoms with Gasteiger partial charge < -0.3 is 4.74 Å². The minimum absolute atomic E-state index is 0.255. The Morgan fingerprint density at radius 1 is 1.06 bits per heavy atom. The second-order valence-electron chi connectivity index (χ2n) is 8.09. The number of nitrogens with zero attached hydrogens (tertiary/aromatic N) is 2. The molecule has 0 bridgehead atoms. The molecule has 7 nitrogen and oxygen atoms in total. The molecule has 1 aromatic carbocycles. The molecule has 9 heteroatoms. The number of hydrogen-bond acceptors (Lipinski definition) is 8. The zero-order valence-electron chi connectivity index (χ0n) is 18.5. The number of hydrogen-bond donors (Lipinski definition) is 0. The van der Waals surface area contributed by atoms with Crippen LogP contribution in [0.2, 0.25) is 0 Å². The molecule has 3 aromatic rings. The molecule has 0 N–H and O–H groups in total. The third-order valence-corrected chi connectivity index (χ3v) is 8.40. The molecule has 4 heterocycles. The summed E-state index contributed by atoms with van der Waals surface area (Å²) in [5, 5.41) is 3.95. The maximum absolute atomic E-state index is 13.8.